The number of nitrogens with zero attached hydrogens (tertiary/aromatic N) is 2. The van der Waals surface area contributed by atoms with Crippen molar-refractivity contribution in [1.82, 2.24) is 9.80 Å². The first-order chi connectivity index (χ1) is 10.6. The Morgan fingerprint density at radius 1 is 1.32 bits per heavy atom. The lowest BCUT2D eigenvalue weighted by Gasteiger charge is -2.22. The molecule has 0 radical (unpaired) electrons. The van der Waals surface area contributed by atoms with Crippen LogP contribution in [0.2, 0.25) is 5.02 Å². The zero-order chi connectivity index (χ0) is 15.7. The Bertz CT molecular complexity index is 621. The number of amides is 3. The largest absolute Gasteiger partial charge is 0.340 e. The molecule has 0 N–H and O–H groups in total. The van der Waals surface area contributed by atoms with E-state index in [4.69, 9.17) is 11.6 Å². The topological polar surface area (TPSA) is 57.7 Å². The monoisotopic (exact) mass is 338 g/mol. The second-order valence-corrected chi connectivity index (χ2v) is 6.70. The van der Waals surface area contributed by atoms with Crippen LogP contribution in [-0.2, 0) is 16.0 Å². The van der Waals surface area contributed by atoms with E-state index in [0.717, 1.165) is 17.3 Å². The Morgan fingerprint density at radius 3 is 2.77 bits per heavy atom. The lowest BCUT2D eigenvalue weighted by atomic mass is 10.1. The molecule has 0 spiro atoms. The van der Waals surface area contributed by atoms with Crippen LogP contribution in [-0.4, -0.2) is 51.7 Å². The minimum atomic E-state index is -0.199. The van der Waals surface area contributed by atoms with Gasteiger partial charge in [0.25, 0.3) is 5.24 Å². The number of hydrogen-bond acceptors (Lipinski definition) is 4. The lowest BCUT2D eigenvalue weighted by molar-refractivity contribution is -0.131. The van der Waals surface area contributed by atoms with Gasteiger partial charge in [0.2, 0.25) is 11.8 Å². The fourth-order valence-electron chi connectivity index (χ4n) is 2.81. The van der Waals surface area contributed by atoms with Gasteiger partial charge in [-0.3, -0.25) is 19.3 Å². The molecule has 0 aliphatic carbocycles. The van der Waals surface area contributed by atoms with E-state index in [9.17, 15) is 14.4 Å². The maximum Gasteiger partial charge on any atom is 0.289 e. The van der Waals surface area contributed by atoms with Crippen molar-refractivity contribution in [1.29, 1.82) is 0 Å². The smallest absolute Gasteiger partial charge is 0.289 e. The molecule has 7 heteroatoms. The zero-order valence-electron chi connectivity index (χ0n) is 11.8. The Hall–Kier alpha value is -1.53. The number of carbonyl (C=O) groups is 3. The summed E-state index contributed by atoms with van der Waals surface area (Å²) in [7, 11) is 0. The van der Waals surface area contributed by atoms with Crippen molar-refractivity contribution in [3.05, 3.63) is 34.9 Å². The Balaban J connectivity index is 1.63. The van der Waals surface area contributed by atoms with Gasteiger partial charge in [0.1, 0.15) is 0 Å². The molecule has 22 heavy (non-hydrogen) atoms. The van der Waals surface area contributed by atoms with Gasteiger partial charge in [-0.15, -0.1) is 0 Å². The molecule has 2 heterocycles. The number of halogens is 1. The van der Waals surface area contributed by atoms with Crippen LogP contribution >= 0.6 is 23.4 Å². The standard InChI is InChI=1S/C15H15ClN2O3S/c16-12-4-2-1-3-10(12)7-13(19)17-6-5-11(8-17)18-14(20)9-22-15(18)21/h1-4,11H,5-9H2/t11-/m0/s1. The molecule has 116 valence electrons. The quantitative estimate of drug-likeness (QED) is 0.847. The van der Waals surface area contributed by atoms with Gasteiger partial charge in [0, 0.05) is 18.1 Å². The van der Waals surface area contributed by atoms with Crippen LogP contribution in [0.4, 0.5) is 4.79 Å². The van der Waals surface area contributed by atoms with Gasteiger partial charge in [0.05, 0.1) is 18.2 Å². The average Bonchev–Trinajstić information content (AvgIpc) is 3.08. The molecule has 1 atom stereocenters. The second-order valence-electron chi connectivity index (χ2n) is 5.37. The third-order valence-corrected chi connectivity index (χ3v) is 5.17. The van der Waals surface area contributed by atoms with Gasteiger partial charge in [0.15, 0.2) is 0 Å². The highest BCUT2D eigenvalue weighted by molar-refractivity contribution is 8.14. The summed E-state index contributed by atoms with van der Waals surface area (Å²) in [5.74, 6) is 0.0332. The van der Waals surface area contributed by atoms with Crippen LogP contribution in [0.3, 0.4) is 0 Å². The van der Waals surface area contributed by atoms with Crippen molar-refractivity contribution in [2.24, 2.45) is 0 Å². The summed E-state index contributed by atoms with van der Waals surface area (Å²) in [5, 5.41) is 0.378. The molecule has 2 aliphatic rings. The summed E-state index contributed by atoms with van der Waals surface area (Å²) in [5.41, 5.74) is 0.793. The number of hydrogen-bond donors (Lipinski definition) is 0. The van der Waals surface area contributed by atoms with Gasteiger partial charge < -0.3 is 4.90 Å². The molecule has 1 aromatic rings. The van der Waals surface area contributed by atoms with Crippen molar-refractivity contribution in [2.45, 2.75) is 18.9 Å². The highest BCUT2D eigenvalue weighted by atomic mass is 35.5. The fourth-order valence-corrected chi connectivity index (χ4v) is 3.79. The van der Waals surface area contributed by atoms with Crippen molar-refractivity contribution in [3.63, 3.8) is 0 Å². The molecule has 2 saturated heterocycles. The maximum absolute atomic E-state index is 12.4. The van der Waals surface area contributed by atoms with E-state index in [2.05, 4.69) is 0 Å². The van der Waals surface area contributed by atoms with Gasteiger partial charge in [-0.2, -0.15) is 0 Å². The Morgan fingerprint density at radius 2 is 2.09 bits per heavy atom. The molecule has 3 amide bonds. The summed E-state index contributed by atoms with van der Waals surface area (Å²) in [6.45, 7) is 0.983. The summed E-state index contributed by atoms with van der Waals surface area (Å²) < 4.78 is 0. The van der Waals surface area contributed by atoms with Crippen LogP contribution in [0.1, 0.15) is 12.0 Å². The number of thioether (sulfide) groups is 1. The molecule has 0 aromatic heterocycles. The third-order valence-electron chi connectivity index (χ3n) is 3.97. The Kier molecular flexibility index (Phi) is 4.40. The van der Waals surface area contributed by atoms with Crippen molar-refractivity contribution >= 4 is 40.4 Å². The van der Waals surface area contributed by atoms with Crippen LogP contribution in [0.15, 0.2) is 24.3 Å². The maximum atomic E-state index is 12.4. The van der Waals surface area contributed by atoms with Crippen molar-refractivity contribution in [3.8, 4) is 0 Å². The first-order valence-corrected chi connectivity index (χ1v) is 8.42. The molecule has 5 nitrogen and oxygen atoms in total. The van der Waals surface area contributed by atoms with Crippen LogP contribution < -0.4 is 0 Å². The first-order valence-electron chi connectivity index (χ1n) is 7.06. The van der Waals surface area contributed by atoms with Crippen LogP contribution in [0.25, 0.3) is 0 Å². The highest BCUT2D eigenvalue weighted by Crippen LogP contribution is 2.26. The lowest BCUT2D eigenvalue weighted by Crippen LogP contribution is -2.41. The predicted molar refractivity (Wildman–Crippen MR) is 84.8 cm³/mol. The molecular formula is C15H15ClN2O3S. The molecule has 2 fully saturated rings. The minimum Gasteiger partial charge on any atom is -0.340 e. The molecule has 1 aromatic carbocycles. The van der Waals surface area contributed by atoms with E-state index in [0.29, 0.717) is 24.5 Å². The van der Waals surface area contributed by atoms with E-state index >= 15 is 0 Å². The molecule has 3 rings (SSSR count). The Labute approximate surface area is 137 Å². The van der Waals surface area contributed by atoms with Crippen molar-refractivity contribution in [2.75, 3.05) is 18.8 Å². The van der Waals surface area contributed by atoms with Crippen LogP contribution in [0.5, 0.6) is 0 Å². The van der Waals surface area contributed by atoms with Crippen LogP contribution in [0, 0.1) is 0 Å². The van der Waals surface area contributed by atoms with Gasteiger partial charge in [-0.1, -0.05) is 41.6 Å². The number of benzene rings is 1. The highest BCUT2D eigenvalue weighted by Gasteiger charge is 2.40. The van der Waals surface area contributed by atoms with Gasteiger partial charge >= 0.3 is 0 Å². The van der Waals surface area contributed by atoms with E-state index in [-0.39, 0.29) is 35.3 Å². The van der Waals surface area contributed by atoms with E-state index in [1.54, 1.807) is 11.0 Å². The molecular weight excluding hydrogens is 324 g/mol. The van der Waals surface area contributed by atoms with Gasteiger partial charge in [-0.25, -0.2) is 0 Å². The normalized spacial score (nSPS) is 21.8. The van der Waals surface area contributed by atoms with E-state index < -0.39 is 0 Å². The number of carbonyl (C=O) groups excluding carboxylic acids is 3. The average molecular weight is 339 g/mol. The minimum absolute atomic E-state index is 0.0256. The summed E-state index contributed by atoms with van der Waals surface area (Å²) in [6.07, 6.45) is 0.884. The number of rotatable bonds is 3. The number of imide groups is 1. The summed E-state index contributed by atoms with van der Waals surface area (Å²) in [6, 6.07) is 7.07. The number of likely N-dealkylation sites (tertiary alicyclic amines) is 1. The van der Waals surface area contributed by atoms with E-state index in [1.807, 2.05) is 18.2 Å². The van der Waals surface area contributed by atoms with Gasteiger partial charge in [-0.05, 0) is 18.1 Å². The molecule has 0 bridgehead atoms. The summed E-state index contributed by atoms with van der Waals surface area (Å²) in [4.78, 5) is 38.9. The third kappa shape index (κ3) is 2.98. The summed E-state index contributed by atoms with van der Waals surface area (Å²) >= 11 is 7.11. The molecule has 0 unspecified atom stereocenters. The second kappa shape index (κ2) is 6.30. The van der Waals surface area contributed by atoms with Crippen molar-refractivity contribution < 1.29 is 14.4 Å². The first kappa shape index (κ1) is 15.4. The SMILES string of the molecule is O=C(Cc1ccccc1Cl)N1CC[C@H](N2C(=O)CSC2=O)C1. The predicted octanol–water partition coefficient (Wildman–Crippen LogP) is 2.18. The molecule has 0 saturated carbocycles. The van der Waals surface area contributed by atoms with E-state index in [1.165, 1.54) is 4.90 Å². The zero-order valence-corrected chi connectivity index (χ0v) is 13.4. The molecule has 2 aliphatic heterocycles. The fraction of sp³-hybridized carbons (Fsp3) is 0.400.